The molecule has 0 amide bonds. The van der Waals surface area contributed by atoms with Gasteiger partial charge in [0.05, 0.1) is 0 Å². The minimum atomic E-state index is 0.146. The first-order chi connectivity index (χ1) is 6.09. The quantitative estimate of drug-likeness (QED) is 0.754. The molecule has 2 N–H and O–H groups in total. The first-order valence-electron chi connectivity index (χ1n) is 4.94. The van der Waals surface area contributed by atoms with Gasteiger partial charge in [-0.05, 0) is 30.4 Å². The van der Waals surface area contributed by atoms with Crippen molar-refractivity contribution in [3.8, 4) is 0 Å². The maximum Gasteiger partial charge on any atom is 0.0266 e. The maximum atomic E-state index is 5.77. The van der Waals surface area contributed by atoms with Crippen LogP contribution in [0.15, 0.2) is 24.3 Å². The van der Waals surface area contributed by atoms with Crippen molar-refractivity contribution in [2.75, 3.05) is 0 Å². The summed E-state index contributed by atoms with van der Waals surface area (Å²) in [4.78, 5) is 0. The van der Waals surface area contributed by atoms with Crippen LogP contribution >= 0.6 is 0 Å². The summed E-state index contributed by atoms with van der Waals surface area (Å²) < 4.78 is 0. The molecule has 1 nitrogen and oxygen atoms in total. The summed E-state index contributed by atoms with van der Waals surface area (Å²) in [6.45, 7) is 6.48. The van der Waals surface area contributed by atoms with Crippen molar-refractivity contribution in [2.45, 2.75) is 33.2 Å². The predicted molar refractivity (Wildman–Crippen MR) is 57.6 cm³/mol. The number of nitrogens with two attached hydrogens (primary N) is 1. The Morgan fingerprint density at radius 3 is 2.00 bits per heavy atom. The van der Waals surface area contributed by atoms with Crippen LogP contribution in [0.1, 0.15) is 37.9 Å². The lowest BCUT2D eigenvalue weighted by Gasteiger charge is -2.08. The molecule has 0 saturated heterocycles. The molecule has 1 aromatic carbocycles. The minimum Gasteiger partial charge on any atom is -0.324 e. The summed E-state index contributed by atoms with van der Waals surface area (Å²) in [5.41, 5.74) is 8.38. The van der Waals surface area contributed by atoms with Gasteiger partial charge in [0.15, 0.2) is 0 Å². The topological polar surface area (TPSA) is 26.0 Å². The Bertz CT molecular complexity index is 246. The Balaban J connectivity index is 2.70. The van der Waals surface area contributed by atoms with Crippen LogP contribution in [0.4, 0.5) is 0 Å². The Morgan fingerprint density at radius 2 is 1.62 bits per heavy atom. The normalized spacial score (nSPS) is 13.3. The highest BCUT2D eigenvalue weighted by atomic mass is 14.6. The van der Waals surface area contributed by atoms with Crippen LogP contribution in [-0.4, -0.2) is 0 Å². The van der Waals surface area contributed by atoms with Crippen molar-refractivity contribution in [3.05, 3.63) is 35.4 Å². The van der Waals surface area contributed by atoms with Gasteiger partial charge in [0.25, 0.3) is 0 Å². The summed E-state index contributed by atoms with van der Waals surface area (Å²) in [5.74, 6) is 0.723. The van der Waals surface area contributed by atoms with Gasteiger partial charge in [-0.15, -0.1) is 0 Å². The lowest BCUT2D eigenvalue weighted by Crippen LogP contribution is -2.04. The van der Waals surface area contributed by atoms with Gasteiger partial charge in [-0.3, -0.25) is 0 Å². The summed E-state index contributed by atoms with van der Waals surface area (Å²) in [5, 5.41) is 0. The van der Waals surface area contributed by atoms with Crippen LogP contribution in [-0.2, 0) is 6.42 Å². The molecule has 0 heterocycles. The Labute approximate surface area is 81.0 Å². The average Bonchev–Trinajstić information content (AvgIpc) is 2.04. The van der Waals surface area contributed by atoms with Crippen LogP contribution in [0.2, 0.25) is 0 Å². The van der Waals surface area contributed by atoms with E-state index in [4.69, 9.17) is 5.73 Å². The zero-order chi connectivity index (χ0) is 9.84. The Hall–Kier alpha value is -0.820. The number of benzene rings is 1. The fraction of sp³-hybridized carbons (Fsp3) is 0.500. The molecule has 0 bridgehead atoms. The Morgan fingerprint density at radius 1 is 1.08 bits per heavy atom. The van der Waals surface area contributed by atoms with Crippen LogP contribution in [0.5, 0.6) is 0 Å². The van der Waals surface area contributed by atoms with E-state index in [1.54, 1.807) is 0 Å². The molecule has 0 fully saturated rings. The molecule has 0 spiro atoms. The highest BCUT2D eigenvalue weighted by Crippen LogP contribution is 2.13. The molecular formula is C12H19N. The number of hydrogen-bond donors (Lipinski definition) is 1. The van der Waals surface area contributed by atoms with E-state index in [1.807, 2.05) is 6.92 Å². The Kier molecular flexibility index (Phi) is 3.49. The molecule has 0 aromatic heterocycles. The van der Waals surface area contributed by atoms with Crippen molar-refractivity contribution < 1.29 is 0 Å². The summed E-state index contributed by atoms with van der Waals surface area (Å²) >= 11 is 0. The molecule has 13 heavy (non-hydrogen) atoms. The predicted octanol–water partition coefficient (Wildman–Crippen LogP) is 2.90. The third-order valence-corrected chi connectivity index (χ3v) is 2.15. The lowest BCUT2D eigenvalue weighted by molar-refractivity contribution is 0.647. The average molecular weight is 177 g/mol. The summed E-state index contributed by atoms with van der Waals surface area (Å²) in [7, 11) is 0. The largest absolute Gasteiger partial charge is 0.324 e. The molecule has 0 aliphatic carbocycles. The third-order valence-electron chi connectivity index (χ3n) is 2.15. The van der Waals surface area contributed by atoms with Gasteiger partial charge in [0.2, 0.25) is 0 Å². The van der Waals surface area contributed by atoms with Gasteiger partial charge in [-0.2, -0.15) is 0 Å². The van der Waals surface area contributed by atoms with Crippen molar-refractivity contribution in [1.82, 2.24) is 0 Å². The van der Waals surface area contributed by atoms with E-state index >= 15 is 0 Å². The van der Waals surface area contributed by atoms with Gasteiger partial charge >= 0.3 is 0 Å². The van der Waals surface area contributed by atoms with Crippen LogP contribution < -0.4 is 5.73 Å². The molecule has 1 unspecified atom stereocenters. The van der Waals surface area contributed by atoms with Gasteiger partial charge in [0.1, 0.15) is 0 Å². The van der Waals surface area contributed by atoms with Crippen LogP contribution in [0.25, 0.3) is 0 Å². The second kappa shape index (κ2) is 4.43. The highest BCUT2D eigenvalue weighted by Gasteiger charge is 2.00. The monoisotopic (exact) mass is 177 g/mol. The van der Waals surface area contributed by atoms with Crippen molar-refractivity contribution in [3.63, 3.8) is 0 Å². The van der Waals surface area contributed by atoms with E-state index in [-0.39, 0.29) is 6.04 Å². The van der Waals surface area contributed by atoms with E-state index in [2.05, 4.69) is 38.1 Å². The van der Waals surface area contributed by atoms with Crippen LogP contribution in [0, 0.1) is 5.92 Å². The molecular weight excluding hydrogens is 158 g/mol. The van der Waals surface area contributed by atoms with E-state index in [9.17, 15) is 0 Å². The molecule has 0 aliphatic heterocycles. The van der Waals surface area contributed by atoms with Gasteiger partial charge in [0, 0.05) is 6.04 Å². The highest BCUT2D eigenvalue weighted by molar-refractivity contribution is 5.24. The first-order valence-corrected chi connectivity index (χ1v) is 4.94. The van der Waals surface area contributed by atoms with E-state index in [1.165, 1.54) is 11.1 Å². The van der Waals surface area contributed by atoms with Crippen LogP contribution in [0.3, 0.4) is 0 Å². The second-order valence-corrected chi connectivity index (χ2v) is 4.13. The number of rotatable bonds is 3. The van der Waals surface area contributed by atoms with Gasteiger partial charge in [-0.25, -0.2) is 0 Å². The van der Waals surface area contributed by atoms with Crippen molar-refractivity contribution in [2.24, 2.45) is 11.7 Å². The standard InChI is InChI=1S/C12H19N/c1-9(2)8-11-4-6-12(7-5-11)10(3)13/h4-7,9-10H,8,13H2,1-3H3. The van der Waals surface area contributed by atoms with Crippen molar-refractivity contribution in [1.29, 1.82) is 0 Å². The molecule has 0 saturated carbocycles. The zero-order valence-corrected chi connectivity index (χ0v) is 8.75. The fourth-order valence-electron chi connectivity index (χ4n) is 1.43. The smallest absolute Gasteiger partial charge is 0.0266 e. The van der Waals surface area contributed by atoms with E-state index < -0.39 is 0 Å². The number of hydrogen-bond acceptors (Lipinski definition) is 1. The first kappa shape index (κ1) is 10.3. The maximum absolute atomic E-state index is 5.77. The third kappa shape index (κ3) is 3.19. The molecule has 0 radical (unpaired) electrons. The molecule has 0 aliphatic rings. The second-order valence-electron chi connectivity index (χ2n) is 4.13. The summed E-state index contributed by atoms with van der Waals surface area (Å²) in [6, 6.07) is 8.76. The summed E-state index contributed by atoms with van der Waals surface area (Å²) in [6.07, 6.45) is 1.15. The molecule has 1 aromatic rings. The minimum absolute atomic E-state index is 0.146. The van der Waals surface area contributed by atoms with Gasteiger partial charge in [-0.1, -0.05) is 38.1 Å². The van der Waals surface area contributed by atoms with E-state index in [0.29, 0.717) is 0 Å². The SMILES string of the molecule is CC(C)Cc1ccc(C(C)N)cc1. The zero-order valence-electron chi connectivity index (χ0n) is 8.75. The van der Waals surface area contributed by atoms with Gasteiger partial charge < -0.3 is 5.73 Å². The van der Waals surface area contributed by atoms with E-state index in [0.717, 1.165) is 12.3 Å². The molecule has 1 rings (SSSR count). The lowest BCUT2D eigenvalue weighted by atomic mass is 10.0. The van der Waals surface area contributed by atoms with Crippen molar-refractivity contribution >= 4 is 0 Å². The molecule has 72 valence electrons. The molecule has 1 heteroatoms. The molecule has 1 atom stereocenters. The fourth-order valence-corrected chi connectivity index (χ4v) is 1.43.